The Morgan fingerprint density at radius 2 is 2.30 bits per heavy atom. The molecule has 0 nitrogen and oxygen atoms in total. The van der Waals surface area contributed by atoms with Crippen LogP contribution in [-0.2, 0) is 0 Å². The lowest BCUT2D eigenvalue weighted by molar-refractivity contribution is 0.614. The summed E-state index contributed by atoms with van der Waals surface area (Å²) in [7, 11) is 0. The van der Waals surface area contributed by atoms with Crippen LogP contribution >= 0.6 is 0 Å². The van der Waals surface area contributed by atoms with Crippen LogP contribution in [0.15, 0.2) is 0 Å². The van der Waals surface area contributed by atoms with E-state index in [-0.39, 0.29) is 19.3 Å². The normalized spacial score (nSPS) is 23.3. The zero-order valence-corrected chi connectivity index (χ0v) is 6.41. The second kappa shape index (κ2) is 8.56. The van der Waals surface area contributed by atoms with E-state index >= 15 is 0 Å². The molecule has 0 aliphatic heterocycles. The van der Waals surface area contributed by atoms with E-state index in [1.807, 2.05) is 13.3 Å². The van der Waals surface area contributed by atoms with Crippen LogP contribution in [0.1, 0.15) is 60.0 Å². The lowest BCUT2D eigenvalue weighted by Crippen LogP contribution is -1.77. The van der Waals surface area contributed by atoms with Gasteiger partial charge in [0.2, 0.25) is 0 Å². The third-order valence-corrected chi connectivity index (χ3v) is 0.993. The van der Waals surface area contributed by atoms with Gasteiger partial charge in [-0.3, -0.25) is 0 Å². The number of hydrogen-bond donors (Lipinski definition) is 0. The van der Waals surface area contributed by atoms with Crippen molar-refractivity contribution in [3.05, 3.63) is 0 Å². The van der Waals surface area contributed by atoms with E-state index in [1.165, 1.54) is 0 Å². The first-order chi connectivity index (χ1) is 7.28. The first-order valence-corrected chi connectivity index (χ1v) is 3.60. The summed E-state index contributed by atoms with van der Waals surface area (Å²) in [6, 6.07) is 0. The summed E-state index contributed by atoms with van der Waals surface area (Å²) in [5.74, 6) is 2.41. The monoisotopic (exact) mass is 144 g/mol. The van der Waals surface area contributed by atoms with Crippen molar-refractivity contribution in [2.45, 2.75) is 51.7 Å². The van der Waals surface area contributed by atoms with E-state index in [0.717, 1.165) is 0 Å². The summed E-state index contributed by atoms with van der Waals surface area (Å²) in [6.07, 6.45) is -2.24. The predicted molar refractivity (Wildman–Crippen MR) is 46.8 cm³/mol. The van der Waals surface area contributed by atoms with Gasteiger partial charge in [0, 0.05) is 13.3 Å². The summed E-state index contributed by atoms with van der Waals surface area (Å²) in [6.45, 7) is 1.81. The molecular formula is C10H18. The van der Waals surface area contributed by atoms with Gasteiger partial charge in [-0.2, -0.15) is 0 Å². The smallest absolute Gasteiger partial charge is 0.120 e. The molecule has 0 N–H and O–H groups in total. The molecule has 0 rings (SSSR count). The Bertz CT molecular complexity index is 262. The van der Waals surface area contributed by atoms with Crippen molar-refractivity contribution in [1.29, 1.82) is 0 Å². The summed E-state index contributed by atoms with van der Waals surface area (Å²) in [4.78, 5) is 0. The van der Waals surface area contributed by atoms with Crippen molar-refractivity contribution in [2.24, 2.45) is 0 Å². The minimum Gasteiger partial charge on any atom is -0.120 e. The highest BCUT2D eigenvalue weighted by atomic mass is 13.9. The maximum Gasteiger partial charge on any atom is 0.124 e. The van der Waals surface area contributed by atoms with Gasteiger partial charge in [-0.25, -0.2) is 0 Å². The van der Waals surface area contributed by atoms with Crippen molar-refractivity contribution in [3.63, 3.8) is 0 Å². The second-order valence-electron chi connectivity index (χ2n) is 1.98. The van der Waals surface area contributed by atoms with E-state index in [2.05, 4.69) is 5.92 Å². The SMILES string of the molecule is [2H]C#CCCC([2H])([2H])C([2H])C([2H])([2H])CCC. The van der Waals surface area contributed by atoms with E-state index in [0.29, 0.717) is 6.42 Å². The van der Waals surface area contributed by atoms with Gasteiger partial charge in [-0.15, -0.1) is 12.3 Å². The molecule has 0 bridgehead atoms. The molecule has 0 amide bonds. The predicted octanol–water partition coefficient (Wildman–Crippen LogP) is 3.37. The molecule has 0 aromatic heterocycles. The quantitative estimate of drug-likeness (QED) is 0.501. The topological polar surface area (TPSA) is 0 Å². The molecule has 0 aromatic rings. The van der Waals surface area contributed by atoms with Crippen molar-refractivity contribution < 1.29 is 8.22 Å². The van der Waals surface area contributed by atoms with Gasteiger partial charge in [0.1, 0.15) is 1.37 Å². The van der Waals surface area contributed by atoms with Crippen LogP contribution in [0.4, 0.5) is 0 Å². The van der Waals surface area contributed by atoms with Crippen LogP contribution in [0.2, 0.25) is 0 Å². The molecule has 0 aliphatic carbocycles. The minimum absolute atomic E-state index is 0.00370. The van der Waals surface area contributed by atoms with Crippen LogP contribution < -0.4 is 0 Å². The summed E-state index contributed by atoms with van der Waals surface area (Å²) in [5.41, 5.74) is 0. The zero-order valence-electron chi connectivity index (χ0n) is 12.4. The van der Waals surface area contributed by atoms with Crippen LogP contribution in [0.25, 0.3) is 0 Å². The standard InChI is InChI=1S/C10H18/c1-3-5-7-9-10-8-6-4-2/h1H,4-10H2,2H3/i1D,8D2,9D2,10D. The summed E-state index contributed by atoms with van der Waals surface area (Å²) >= 11 is 0. The molecule has 0 spiro atoms. The fourth-order valence-electron chi connectivity index (χ4n) is 0.496. The molecule has 0 heterocycles. The van der Waals surface area contributed by atoms with E-state index < -0.39 is 19.1 Å². The molecule has 0 saturated heterocycles. The second-order valence-corrected chi connectivity index (χ2v) is 1.98. The Balaban J connectivity index is 4.52. The van der Waals surface area contributed by atoms with Gasteiger partial charge >= 0.3 is 0 Å². The molecule has 10 heavy (non-hydrogen) atoms. The van der Waals surface area contributed by atoms with Gasteiger partial charge in [0.15, 0.2) is 0 Å². The first kappa shape index (κ1) is 3.30. The number of hydrogen-bond acceptors (Lipinski definition) is 0. The Morgan fingerprint density at radius 3 is 3.00 bits per heavy atom. The lowest BCUT2D eigenvalue weighted by Gasteiger charge is -1.95. The average Bonchev–Trinajstić information content (AvgIpc) is 2.16. The van der Waals surface area contributed by atoms with Crippen molar-refractivity contribution >= 4 is 0 Å². The molecule has 1 atom stereocenters. The maximum atomic E-state index is 7.67. The molecular weight excluding hydrogens is 120 g/mol. The molecule has 0 heteroatoms. The fourth-order valence-corrected chi connectivity index (χ4v) is 0.496. The number of rotatable bonds is 6. The van der Waals surface area contributed by atoms with Gasteiger partial charge in [0.25, 0.3) is 0 Å². The minimum atomic E-state index is -1.90. The van der Waals surface area contributed by atoms with Gasteiger partial charge < -0.3 is 0 Å². The average molecular weight is 144 g/mol. The highest BCUT2D eigenvalue weighted by Crippen LogP contribution is 2.05. The summed E-state index contributed by atoms with van der Waals surface area (Å²) < 4.78 is 44.9. The molecule has 58 valence electrons. The van der Waals surface area contributed by atoms with E-state index in [4.69, 9.17) is 8.22 Å². The van der Waals surface area contributed by atoms with Crippen molar-refractivity contribution in [2.75, 3.05) is 0 Å². The fraction of sp³-hybridized carbons (Fsp3) is 0.800. The molecule has 0 fully saturated rings. The highest BCUT2D eigenvalue weighted by Gasteiger charge is 1.86. The van der Waals surface area contributed by atoms with Crippen LogP contribution in [0.3, 0.4) is 0 Å². The van der Waals surface area contributed by atoms with E-state index in [9.17, 15) is 0 Å². The zero-order chi connectivity index (χ0) is 12.8. The van der Waals surface area contributed by atoms with Gasteiger partial charge in [-0.1, -0.05) is 38.9 Å². The Kier molecular flexibility index (Phi) is 2.83. The van der Waals surface area contributed by atoms with Gasteiger partial charge in [0.05, 0.1) is 0 Å². The Hall–Kier alpha value is -0.440. The van der Waals surface area contributed by atoms with Gasteiger partial charge in [-0.05, 0) is 6.42 Å². The first-order valence-electron chi connectivity index (χ1n) is 6.67. The molecule has 0 radical (unpaired) electrons. The maximum absolute atomic E-state index is 7.67. The largest absolute Gasteiger partial charge is 0.124 e. The van der Waals surface area contributed by atoms with Crippen molar-refractivity contribution in [3.8, 4) is 12.3 Å². The Morgan fingerprint density at radius 1 is 1.50 bits per heavy atom. The van der Waals surface area contributed by atoms with Crippen LogP contribution in [-0.4, -0.2) is 0 Å². The molecule has 0 aromatic carbocycles. The Labute approximate surface area is 73.5 Å². The molecule has 1 unspecified atom stereocenters. The van der Waals surface area contributed by atoms with Crippen LogP contribution in [0.5, 0.6) is 0 Å². The number of terminal acetylenes is 1. The molecule has 0 saturated carbocycles. The lowest BCUT2D eigenvalue weighted by atomic mass is 10.1. The highest BCUT2D eigenvalue weighted by molar-refractivity contribution is 4.82. The van der Waals surface area contributed by atoms with Crippen LogP contribution in [0, 0.1) is 12.3 Å². The summed E-state index contributed by atoms with van der Waals surface area (Å²) in [5, 5.41) is 0. The third-order valence-electron chi connectivity index (χ3n) is 0.993. The molecule has 0 aliphatic rings. The third kappa shape index (κ3) is 7.56. The van der Waals surface area contributed by atoms with Crippen molar-refractivity contribution in [1.82, 2.24) is 0 Å². The van der Waals surface area contributed by atoms with E-state index in [1.54, 1.807) is 0 Å².